The molecule has 1 saturated carbocycles. The van der Waals surface area contributed by atoms with Gasteiger partial charge < -0.3 is 5.73 Å². The maximum absolute atomic E-state index is 13.8. The molecule has 0 amide bonds. The Hall–Kier alpha value is -0.980. The Kier molecular flexibility index (Phi) is 4.70. The third kappa shape index (κ3) is 3.62. The molecule has 21 heavy (non-hydrogen) atoms. The number of sulfonamides is 1. The molecule has 1 aromatic rings. The summed E-state index contributed by atoms with van der Waals surface area (Å²) < 4.78 is 41.2. The summed E-state index contributed by atoms with van der Waals surface area (Å²) in [5.41, 5.74) is 6.13. The lowest BCUT2D eigenvalue weighted by Crippen LogP contribution is -2.30. The summed E-state index contributed by atoms with van der Waals surface area (Å²) in [4.78, 5) is 0.0918. The first-order chi connectivity index (χ1) is 9.83. The van der Waals surface area contributed by atoms with Crippen molar-refractivity contribution in [3.63, 3.8) is 0 Å². The van der Waals surface area contributed by atoms with E-state index in [0.717, 1.165) is 25.7 Å². The van der Waals surface area contributed by atoms with Crippen LogP contribution in [-0.4, -0.2) is 15.0 Å². The summed E-state index contributed by atoms with van der Waals surface area (Å²) in [5.74, 6) is -0.430. The zero-order valence-electron chi connectivity index (χ0n) is 12.6. The van der Waals surface area contributed by atoms with E-state index in [0.29, 0.717) is 12.1 Å². The molecule has 0 heterocycles. The highest BCUT2D eigenvalue weighted by Gasteiger charge is 2.42. The standard InChI is InChI=1S/C15H23FN2O2S/c1-3-4-15(5-6-15)10-18-21(19,20)13-7-11(2)14(16)12(8-13)9-17/h7-8,18H,3-6,9-10,17H2,1-2H3. The van der Waals surface area contributed by atoms with Crippen molar-refractivity contribution in [3.8, 4) is 0 Å². The maximum Gasteiger partial charge on any atom is 0.240 e. The fourth-order valence-corrected chi connectivity index (χ4v) is 3.96. The highest BCUT2D eigenvalue weighted by atomic mass is 32.2. The number of nitrogens with two attached hydrogens (primary N) is 1. The summed E-state index contributed by atoms with van der Waals surface area (Å²) in [5, 5.41) is 0. The number of hydrogen-bond acceptors (Lipinski definition) is 3. The maximum atomic E-state index is 13.8. The van der Waals surface area contributed by atoms with Crippen molar-refractivity contribution in [2.24, 2.45) is 11.1 Å². The smallest absolute Gasteiger partial charge is 0.240 e. The van der Waals surface area contributed by atoms with Crippen LogP contribution in [-0.2, 0) is 16.6 Å². The lowest BCUT2D eigenvalue weighted by atomic mass is 10.0. The number of rotatable bonds is 7. The molecule has 0 saturated heterocycles. The molecule has 6 heteroatoms. The molecule has 1 aliphatic rings. The third-order valence-corrected chi connectivity index (χ3v) is 5.59. The Morgan fingerprint density at radius 1 is 1.38 bits per heavy atom. The fraction of sp³-hybridized carbons (Fsp3) is 0.600. The summed E-state index contributed by atoms with van der Waals surface area (Å²) >= 11 is 0. The van der Waals surface area contributed by atoms with E-state index in [1.54, 1.807) is 6.92 Å². The van der Waals surface area contributed by atoms with Gasteiger partial charge in [0.2, 0.25) is 10.0 Å². The molecule has 0 unspecified atom stereocenters. The van der Waals surface area contributed by atoms with Crippen LogP contribution in [0.15, 0.2) is 17.0 Å². The predicted octanol–water partition coefficient (Wildman–Crippen LogP) is 2.45. The average molecular weight is 314 g/mol. The van der Waals surface area contributed by atoms with Crippen LogP contribution in [0.2, 0.25) is 0 Å². The van der Waals surface area contributed by atoms with Crippen LogP contribution in [0.3, 0.4) is 0 Å². The highest BCUT2D eigenvalue weighted by molar-refractivity contribution is 7.89. The first-order valence-electron chi connectivity index (χ1n) is 7.32. The molecular formula is C15H23FN2O2S. The molecule has 118 valence electrons. The van der Waals surface area contributed by atoms with E-state index in [9.17, 15) is 12.8 Å². The van der Waals surface area contributed by atoms with Crippen molar-refractivity contribution >= 4 is 10.0 Å². The predicted molar refractivity (Wildman–Crippen MR) is 80.8 cm³/mol. The topological polar surface area (TPSA) is 72.2 Å². The third-order valence-electron chi connectivity index (χ3n) is 4.21. The minimum absolute atomic E-state index is 0.0181. The summed E-state index contributed by atoms with van der Waals surface area (Å²) in [6.45, 7) is 4.09. The second-order valence-corrected chi connectivity index (χ2v) is 7.76. The molecule has 1 aliphatic carbocycles. The van der Waals surface area contributed by atoms with Crippen LogP contribution in [0, 0.1) is 18.2 Å². The van der Waals surface area contributed by atoms with Gasteiger partial charge in [0, 0.05) is 18.7 Å². The zero-order valence-corrected chi connectivity index (χ0v) is 13.4. The van der Waals surface area contributed by atoms with E-state index < -0.39 is 15.8 Å². The fourth-order valence-electron chi connectivity index (χ4n) is 2.66. The van der Waals surface area contributed by atoms with Crippen LogP contribution in [0.5, 0.6) is 0 Å². The molecule has 2 rings (SSSR count). The quantitative estimate of drug-likeness (QED) is 0.812. The lowest BCUT2D eigenvalue weighted by Gasteiger charge is -2.16. The van der Waals surface area contributed by atoms with E-state index >= 15 is 0 Å². The van der Waals surface area contributed by atoms with Gasteiger partial charge in [-0.3, -0.25) is 0 Å². The number of halogens is 1. The van der Waals surface area contributed by atoms with Gasteiger partial charge in [-0.2, -0.15) is 0 Å². The minimum Gasteiger partial charge on any atom is -0.326 e. The van der Waals surface area contributed by atoms with Crippen LogP contribution in [0.4, 0.5) is 4.39 Å². The van der Waals surface area contributed by atoms with E-state index in [1.807, 2.05) is 0 Å². The molecule has 0 aromatic heterocycles. The van der Waals surface area contributed by atoms with Crippen LogP contribution in [0.1, 0.15) is 43.7 Å². The van der Waals surface area contributed by atoms with E-state index in [2.05, 4.69) is 11.6 Å². The van der Waals surface area contributed by atoms with Gasteiger partial charge in [-0.1, -0.05) is 13.3 Å². The second kappa shape index (κ2) is 6.02. The van der Waals surface area contributed by atoms with Gasteiger partial charge in [0.05, 0.1) is 4.90 Å². The molecule has 0 spiro atoms. The van der Waals surface area contributed by atoms with Crippen molar-refractivity contribution in [3.05, 3.63) is 29.1 Å². The summed E-state index contributed by atoms with van der Waals surface area (Å²) in [7, 11) is -3.62. The molecular weight excluding hydrogens is 291 g/mol. The molecule has 0 atom stereocenters. The van der Waals surface area contributed by atoms with Crippen LogP contribution < -0.4 is 10.5 Å². The Morgan fingerprint density at radius 3 is 2.57 bits per heavy atom. The number of benzene rings is 1. The van der Waals surface area contributed by atoms with Gasteiger partial charge in [0.15, 0.2) is 0 Å². The largest absolute Gasteiger partial charge is 0.326 e. The van der Waals surface area contributed by atoms with E-state index in [4.69, 9.17) is 5.73 Å². The first-order valence-corrected chi connectivity index (χ1v) is 8.81. The average Bonchev–Trinajstić information content (AvgIpc) is 3.20. The molecule has 0 radical (unpaired) electrons. The van der Waals surface area contributed by atoms with Gasteiger partial charge in [0.1, 0.15) is 5.82 Å². The van der Waals surface area contributed by atoms with E-state index in [1.165, 1.54) is 12.1 Å². The van der Waals surface area contributed by atoms with Crippen molar-refractivity contribution < 1.29 is 12.8 Å². The van der Waals surface area contributed by atoms with Gasteiger partial charge in [-0.05, 0) is 49.3 Å². The lowest BCUT2D eigenvalue weighted by molar-refractivity contribution is 0.449. The van der Waals surface area contributed by atoms with Crippen molar-refractivity contribution in [1.82, 2.24) is 4.72 Å². The van der Waals surface area contributed by atoms with Crippen molar-refractivity contribution in [2.45, 2.75) is 51.0 Å². The highest BCUT2D eigenvalue weighted by Crippen LogP contribution is 2.49. The Bertz CT molecular complexity index is 625. The molecule has 1 fully saturated rings. The SMILES string of the molecule is CCCC1(CNS(=O)(=O)c2cc(C)c(F)c(CN)c2)CC1. The Balaban J connectivity index is 2.18. The summed E-state index contributed by atoms with van der Waals surface area (Å²) in [6.07, 6.45) is 4.22. The number of aryl methyl sites for hydroxylation is 1. The molecule has 4 nitrogen and oxygen atoms in total. The summed E-state index contributed by atoms with van der Waals surface area (Å²) in [6, 6.07) is 2.68. The van der Waals surface area contributed by atoms with Gasteiger partial charge in [0.25, 0.3) is 0 Å². The Labute approximate surface area is 126 Å². The monoisotopic (exact) mass is 314 g/mol. The van der Waals surface area contributed by atoms with Crippen molar-refractivity contribution in [1.29, 1.82) is 0 Å². The van der Waals surface area contributed by atoms with Crippen molar-refractivity contribution in [2.75, 3.05) is 6.54 Å². The second-order valence-electron chi connectivity index (χ2n) is 5.99. The number of nitrogens with one attached hydrogen (secondary N) is 1. The first kappa shape index (κ1) is 16.4. The Morgan fingerprint density at radius 2 is 2.05 bits per heavy atom. The molecule has 3 N–H and O–H groups in total. The van der Waals surface area contributed by atoms with Crippen LogP contribution >= 0.6 is 0 Å². The van der Waals surface area contributed by atoms with E-state index in [-0.39, 0.29) is 22.4 Å². The number of hydrogen-bond donors (Lipinski definition) is 2. The minimum atomic E-state index is -3.62. The normalized spacial score (nSPS) is 17.0. The molecule has 0 aliphatic heterocycles. The van der Waals surface area contributed by atoms with Gasteiger partial charge >= 0.3 is 0 Å². The van der Waals surface area contributed by atoms with Gasteiger partial charge in [-0.25, -0.2) is 17.5 Å². The van der Waals surface area contributed by atoms with Crippen LogP contribution in [0.25, 0.3) is 0 Å². The molecule has 0 bridgehead atoms. The zero-order chi connectivity index (χ0) is 15.7. The molecule has 1 aromatic carbocycles. The van der Waals surface area contributed by atoms with Gasteiger partial charge in [-0.15, -0.1) is 0 Å².